The molecule has 2 heterocycles. The molecule has 1 aromatic carbocycles. The van der Waals surface area contributed by atoms with Gasteiger partial charge in [-0.3, -0.25) is 4.79 Å². The number of aromatic nitrogens is 2. The predicted octanol–water partition coefficient (Wildman–Crippen LogP) is 2.90. The molecule has 1 saturated carbocycles. The maximum absolute atomic E-state index is 12.7. The molecule has 1 saturated heterocycles. The average Bonchev–Trinajstić information content (AvgIpc) is 3.40. The van der Waals surface area contributed by atoms with Gasteiger partial charge in [0.05, 0.1) is 11.0 Å². The van der Waals surface area contributed by atoms with Crippen LogP contribution in [0.15, 0.2) is 24.3 Å². The minimum absolute atomic E-state index is 0.124. The number of hydrogen-bond donors (Lipinski definition) is 1. The van der Waals surface area contributed by atoms with E-state index in [4.69, 9.17) is 4.98 Å². The Bertz CT molecular complexity index is 741. The molecule has 5 nitrogen and oxygen atoms in total. The van der Waals surface area contributed by atoms with Gasteiger partial charge in [-0.2, -0.15) is 0 Å². The second-order valence-electron chi connectivity index (χ2n) is 7.50. The number of nitrogens with zero attached hydrogens (tertiary/aromatic N) is 3. The van der Waals surface area contributed by atoms with Crippen LogP contribution in [-0.2, 0) is 11.3 Å². The third kappa shape index (κ3) is 3.71. The number of rotatable bonds is 6. The zero-order chi connectivity index (χ0) is 17.2. The van der Waals surface area contributed by atoms with Gasteiger partial charge in [-0.1, -0.05) is 19.1 Å². The van der Waals surface area contributed by atoms with Crippen LogP contribution in [0.4, 0.5) is 0 Å². The summed E-state index contributed by atoms with van der Waals surface area (Å²) in [5, 5.41) is 3.26. The second-order valence-corrected chi connectivity index (χ2v) is 7.50. The van der Waals surface area contributed by atoms with Gasteiger partial charge in [0.15, 0.2) is 0 Å². The molecule has 0 radical (unpaired) electrons. The van der Waals surface area contributed by atoms with Gasteiger partial charge >= 0.3 is 0 Å². The van der Waals surface area contributed by atoms with E-state index in [0.29, 0.717) is 18.5 Å². The highest BCUT2D eigenvalue weighted by Gasteiger charge is 2.30. The number of nitrogens with one attached hydrogen (secondary N) is 1. The molecule has 0 atom stereocenters. The first kappa shape index (κ1) is 16.6. The van der Waals surface area contributed by atoms with Crippen LogP contribution in [0.5, 0.6) is 0 Å². The number of benzene rings is 1. The lowest BCUT2D eigenvalue weighted by atomic mass is 10.0. The van der Waals surface area contributed by atoms with Crippen LogP contribution in [0.3, 0.4) is 0 Å². The highest BCUT2D eigenvalue weighted by atomic mass is 16.2. The van der Waals surface area contributed by atoms with Crippen molar-refractivity contribution in [1.82, 2.24) is 19.8 Å². The van der Waals surface area contributed by atoms with Crippen LogP contribution >= 0.6 is 0 Å². The summed E-state index contributed by atoms with van der Waals surface area (Å²) in [6.45, 7) is 5.98. The Hall–Kier alpha value is -1.88. The lowest BCUT2D eigenvalue weighted by Gasteiger charge is -2.32. The van der Waals surface area contributed by atoms with Crippen molar-refractivity contribution < 1.29 is 4.79 Å². The Morgan fingerprint density at radius 2 is 1.96 bits per heavy atom. The summed E-state index contributed by atoms with van der Waals surface area (Å²) in [6.07, 6.45) is 5.72. The van der Waals surface area contributed by atoms with Gasteiger partial charge in [-0.05, 0) is 50.8 Å². The fourth-order valence-corrected chi connectivity index (χ4v) is 3.95. The third-order valence-electron chi connectivity index (χ3n) is 5.42. The Labute approximate surface area is 149 Å². The molecule has 2 aliphatic rings. The van der Waals surface area contributed by atoms with Crippen molar-refractivity contribution in [1.29, 1.82) is 0 Å². The van der Waals surface area contributed by atoms with Crippen molar-refractivity contribution in [2.45, 2.75) is 57.5 Å². The van der Waals surface area contributed by atoms with Crippen molar-refractivity contribution in [3.05, 3.63) is 30.1 Å². The zero-order valence-electron chi connectivity index (χ0n) is 15.1. The third-order valence-corrected chi connectivity index (χ3v) is 5.42. The number of fused-ring (bicyclic) bond motifs is 1. The van der Waals surface area contributed by atoms with Crippen LogP contribution in [0.2, 0.25) is 0 Å². The highest BCUT2D eigenvalue weighted by molar-refractivity contribution is 5.81. The molecular weight excluding hydrogens is 312 g/mol. The van der Waals surface area contributed by atoms with E-state index in [1.54, 1.807) is 0 Å². The molecule has 0 bridgehead atoms. The summed E-state index contributed by atoms with van der Waals surface area (Å²) in [7, 11) is 0. The summed E-state index contributed by atoms with van der Waals surface area (Å²) in [4.78, 5) is 19.9. The Kier molecular flexibility index (Phi) is 4.75. The number of piperidine rings is 1. The number of carbonyl (C=O) groups excluding carboxylic acids is 1. The fraction of sp³-hybridized carbons (Fsp3) is 0.600. The van der Waals surface area contributed by atoms with E-state index in [2.05, 4.69) is 27.8 Å². The molecule has 134 valence electrons. The van der Waals surface area contributed by atoms with E-state index in [9.17, 15) is 4.79 Å². The van der Waals surface area contributed by atoms with Crippen LogP contribution in [-0.4, -0.2) is 46.0 Å². The summed E-state index contributed by atoms with van der Waals surface area (Å²) >= 11 is 0. The maximum Gasteiger partial charge on any atom is 0.240 e. The smallest absolute Gasteiger partial charge is 0.240 e. The first-order valence-electron chi connectivity index (χ1n) is 9.71. The van der Waals surface area contributed by atoms with E-state index >= 15 is 0 Å². The average molecular weight is 340 g/mol. The quantitative estimate of drug-likeness (QED) is 0.880. The van der Waals surface area contributed by atoms with Gasteiger partial charge in [0, 0.05) is 25.0 Å². The normalized spacial score (nSPS) is 19.4. The van der Waals surface area contributed by atoms with Gasteiger partial charge in [0.25, 0.3) is 0 Å². The van der Waals surface area contributed by atoms with E-state index in [-0.39, 0.29) is 5.91 Å². The highest BCUT2D eigenvalue weighted by Crippen LogP contribution is 2.40. The van der Waals surface area contributed by atoms with Crippen molar-refractivity contribution in [3.63, 3.8) is 0 Å². The minimum atomic E-state index is 0.124. The van der Waals surface area contributed by atoms with Crippen molar-refractivity contribution in [2.75, 3.05) is 19.6 Å². The van der Waals surface area contributed by atoms with Crippen molar-refractivity contribution >= 4 is 16.9 Å². The molecule has 1 aliphatic carbocycles. The van der Waals surface area contributed by atoms with E-state index in [1.165, 1.54) is 25.8 Å². The first-order chi connectivity index (χ1) is 12.2. The molecule has 1 amide bonds. The van der Waals surface area contributed by atoms with Crippen molar-refractivity contribution in [3.8, 4) is 0 Å². The molecular formula is C20H28N4O. The van der Waals surface area contributed by atoms with Crippen LogP contribution < -0.4 is 5.32 Å². The molecule has 25 heavy (non-hydrogen) atoms. The lowest BCUT2D eigenvalue weighted by Crippen LogP contribution is -2.45. The number of carbonyl (C=O) groups is 1. The Morgan fingerprint density at radius 3 is 2.68 bits per heavy atom. The largest absolute Gasteiger partial charge is 0.352 e. The van der Waals surface area contributed by atoms with E-state index in [0.717, 1.165) is 42.8 Å². The molecule has 0 spiro atoms. The number of hydrogen-bond acceptors (Lipinski definition) is 3. The van der Waals surface area contributed by atoms with Gasteiger partial charge in [-0.25, -0.2) is 4.98 Å². The molecule has 0 unspecified atom stereocenters. The number of amides is 1. The summed E-state index contributed by atoms with van der Waals surface area (Å²) < 4.78 is 2.13. The molecule has 4 rings (SSSR count). The molecule has 1 N–H and O–H groups in total. The van der Waals surface area contributed by atoms with Crippen LogP contribution in [0.1, 0.15) is 50.8 Å². The molecule has 2 aromatic rings. The minimum Gasteiger partial charge on any atom is -0.352 e. The fourth-order valence-electron chi connectivity index (χ4n) is 3.95. The SMILES string of the molecule is CCCN1CCC(NC(=O)Cn2c(C3CC3)nc3ccccc32)CC1. The monoisotopic (exact) mass is 340 g/mol. The van der Waals surface area contributed by atoms with Gasteiger partial charge < -0.3 is 14.8 Å². The van der Waals surface area contributed by atoms with Gasteiger partial charge in [0.1, 0.15) is 12.4 Å². The van der Waals surface area contributed by atoms with Crippen LogP contribution in [0, 0.1) is 0 Å². The van der Waals surface area contributed by atoms with Crippen LogP contribution in [0.25, 0.3) is 11.0 Å². The number of para-hydroxylation sites is 2. The first-order valence-corrected chi connectivity index (χ1v) is 9.71. The van der Waals surface area contributed by atoms with E-state index in [1.807, 2.05) is 18.2 Å². The van der Waals surface area contributed by atoms with Crippen molar-refractivity contribution in [2.24, 2.45) is 0 Å². The lowest BCUT2D eigenvalue weighted by molar-refractivity contribution is -0.122. The Morgan fingerprint density at radius 1 is 1.20 bits per heavy atom. The topological polar surface area (TPSA) is 50.2 Å². The number of likely N-dealkylation sites (tertiary alicyclic amines) is 1. The zero-order valence-corrected chi connectivity index (χ0v) is 15.1. The standard InChI is InChI=1S/C20H28N4O/c1-2-11-23-12-9-16(10-13-23)21-19(25)14-24-18-6-4-3-5-17(18)22-20(24)15-7-8-15/h3-6,15-16H,2,7-14H2,1H3,(H,21,25). The summed E-state index contributed by atoms with van der Waals surface area (Å²) in [6, 6.07) is 8.47. The van der Waals surface area contributed by atoms with Gasteiger partial charge in [0.2, 0.25) is 5.91 Å². The van der Waals surface area contributed by atoms with E-state index < -0.39 is 0 Å². The molecule has 1 aromatic heterocycles. The molecule has 5 heteroatoms. The second kappa shape index (κ2) is 7.16. The summed E-state index contributed by atoms with van der Waals surface area (Å²) in [5.41, 5.74) is 2.09. The number of imidazole rings is 1. The Balaban J connectivity index is 1.41. The summed E-state index contributed by atoms with van der Waals surface area (Å²) in [5.74, 6) is 1.76. The molecule has 2 fully saturated rings. The molecule has 1 aliphatic heterocycles. The van der Waals surface area contributed by atoms with Gasteiger partial charge in [-0.15, -0.1) is 0 Å². The maximum atomic E-state index is 12.7. The predicted molar refractivity (Wildman–Crippen MR) is 99.6 cm³/mol.